The number of methoxy groups -OCH3 is 1. The maximum atomic E-state index is 5.34. The summed E-state index contributed by atoms with van der Waals surface area (Å²) < 4.78 is 6.01. The van der Waals surface area contributed by atoms with Crippen LogP contribution in [0.2, 0.25) is 0 Å². The number of aryl methyl sites for hydroxylation is 1. The number of nitrogen functional groups attached to an aromatic ring is 1. The zero-order chi connectivity index (χ0) is 12.3. The monoisotopic (exact) mass is 270 g/mol. The van der Waals surface area contributed by atoms with Gasteiger partial charge in [-0.05, 0) is 18.7 Å². The van der Waals surface area contributed by atoms with E-state index in [9.17, 15) is 0 Å². The predicted octanol–water partition coefficient (Wildman–Crippen LogP) is 1.08. The van der Waals surface area contributed by atoms with Crippen LogP contribution in [0.3, 0.4) is 0 Å². The van der Waals surface area contributed by atoms with E-state index in [2.05, 4.69) is 25.6 Å². The van der Waals surface area contributed by atoms with Crippen LogP contribution in [0.25, 0.3) is 0 Å². The molecule has 0 aliphatic rings. The van der Waals surface area contributed by atoms with Gasteiger partial charge in [-0.25, -0.2) is 15.8 Å². The van der Waals surface area contributed by atoms with Crippen LogP contribution in [0.5, 0.6) is 5.75 Å². The summed E-state index contributed by atoms with van der Waals surface area (Å²) >= 11 is 2.85. The maximum absolute atomic E-state index is 5.34. The fourth-order valence-electron chi connectivity index (χ4n) is 1.12. The molecule has 0 bridgehead atoms. The van der Waals surface area contributed by atoms with Crippen LogP contribution in [-0.2, 0) is 0 Å². The van der Waals surface area contributed by atoms with E-state index in [1.807, 2.05) is 6.92 Å². The van der Waals surface area contributed by atoms with Crippen molar-refractivity contribution in [2.45, 2.75) is 16.3 Å². The SMILES string of the molecule is COc1c(NN)ncnc1Sc1nnc(C)s1. The standard InChI is InChI=1S/C8H10N6OS2/c1-4-13-14-8(16-4)17-7-5(15-2)6(12-9)10-3-11-7/h3H,9H2,1-2H3,(H,10,11,12). The molecular formula is C8H10N6OS2. The van der Waals surface area contributed by atoms with E-state index in [1.54, 1.807) is 0 Å². The Kier molecular flexibility index (Phi) is 3.71. The zero-order valence-corrected chi connectivity index (χ0v) is 10.8. The first-order chi connectivity index (χ1) is 8.24. The van der Waals surface area contributed by atoms with Gasteiger partial charge < -0.3 is 10.2 Å². The molecule has 0 spiro atoms. The van der Waals surface area contributed by atoms with Crippen LogP contribution in [0.4, 0.5) is 5.82 Å². The molecule has 2 heterocycles. The average Bonchev–Trinajstić information content (AvgIpc) is 2.74. The number of ether oxygens (including phenoxy) is 1. The number of nitrogens with two attached hydrogens (primary N) is 1. The minimum Gasteiger partial charge on any atom is -0.490 e. The number of nitrogens with one attached hydrogen (secondary N) is 1. The van der Waals surface area contributed by atoms with Gasteiger partial charge in [0.2, 0.25) is 0 Å². The smallest absolute Gasteiger partial charge is 0.195 e. The van der Waals surface area contributed by atoms with Crippen molar-refractivity contribution in [3.05, 3.63) is 11.3 Å². The summed E-state index contributed by atoms with van der Waals surface area (Å²) in [5, 5.41) is 9.49. The van der Waals surface area contributed by atoms with E-state index in [1.165, 1.54) is 36.5 Å². The molecule has 0 saturated carbocycles. The molecule has 3 N–H and O–H groups in total. The molecule has 2 aromatic rings. The molecule has 0 fully saturated rings. The van der Waals surface area contributed by atoms with Gasteiger partial charge in [-0.2, -0.15) is 0 Å². The van der Waals surface area contributed by atoms with E-state index >= 15 is 0 Å². The van der Waals surface area contributed by atoms with E-state index in [-0.39, 0.29) is 0 Å². The maximum Gasteiger partial charge on any atom is 0.195 e. The lowest BCUT2D eigenvalue weighted by atomic mass is 10.5. The minimum atomic E-state index is 0.436. The lowest BCUT2D eigenvalue weighted by Crippen LogP contribution is -2.10. The third-order valence-corrected chi connectivity index (χ3v) is 3.68. The quantitative estimate of drug-likeness (QED) is 0.484. The summed E-state index contributed by atoms with van der Waals surface area (Å²) in [5.74, 6) is 6.27. The third-order valence-electron chi connectivity index (χ3n) is 1.80. The first kappa shape index (κ1) is 12.0. The summed E-state index contributed by atoms with van der Waals surface area (Å²) in [6.45, 7) is 1.89. The Hall–Kier alpha value is -1.45. The zero-order valence-electron chi connectivity index (χ0n) is 9.17. The predicted molar refractivity (Wildman–Crippen MR) is 65.2 cm³/mol. The Morgan fingerprint density at radius 2 is 2.24 bits per heavy atom. The lowest BCUT2D eigenvalue weighted by Gasteiger charge is -2.08. The van der Waals surface area contributed by atoms with Crippen molar-refractivity contribution in [2.24, 2.45) is 5.84 Å². The highest BCUT2D eigenvalue weighted by atomic mass is 32.2. The van der Waals surface area contributed by atoms with E-state index < -0.39 is 0 Å². The Morgan fingerprint density at radius 3 is 2.82 bits per heavy atom. The second kappa shape index (κ2) is 5.25. The first-order valence-electron chi connectivity index (χ1n) is 4.58. The molecule has 17 heavy (non-hydrogen) atoms. The minimum absolute atomic E-state index is 0.436. The number of hydrogen-bond acceptors (Lipinski definition) is 9. The topological polar surface area (TPSA) is 98.8 Å². The molecule has 0 aromatic carbocycles. The van der Waals surface area contributed by atoms with Crippen molar-refractivity contribution < 1.29 is 4.74 Å². The Morgan fingerprint density at radius 1 is 1.41 bits per heavy atom. The van der Waals surface area contributed by atoms with Crippen LogP contribution in [0.15, 0.2) is 15.7 Å². The second-order valence-corrected chi connectivity index (χ2v) is 5.31. The number of hydrogen-bond donors (Lipinski definition) is 2. The van der Waals surface area contributed by atoms with E-state index in [4.69, 9.17) is 10.6 Å². The molecule has 0 amide bonds. The van der Waals surface area contributed by atoms with Gasteiger partial charge in [-0.1, -0.05) is 11.3 Å². The number of anilines is 1. The molecule has 0 aliphatic carbocycles. The number of aromatic nitrogens is 4. The van der Waals surface area contributed by atoms with Gasteiger partial charge in [0.25, 0.3) is 0 Å². The molecule has 2 aromatic heterocycles. The summed E-state index contributed by atoms with van der Waals surface area (Å²) in [6, 6.07) is 0. The van der Waals surface area contributed by atoms with Gasteiger partial charge >= 0.3 is 0 Å². The van der Waals surface area contributed by atoms with Crippen molar-refractivity contribution in [3.8, 4) is 5.75 Å². The normalized spacial score (nSPS) is 10.3. The Labute approximate surface area is 106 Å². The van der Waals surface area contributed by atoms with Crippen LogP contribution in [-0.4, -0.2) is 27.3 Å². The van der Waals surface area contributed by atoms with Gasteiger partial charge in [0, 0.05) is 0 Å². The van der Waals surface area contributed by atoms with Crippen LogP contribution >= 0.6 is 23.1 Å². The van der Waals surface area contributed by atoms with Crippen molar-refractivity contribution in [1.29, 1.82) is 0 Å². The average molecular weight is 270 g/mol. The molecule has 9 heteroatoms. The van der Waals surface area contributed by atoms with Crippen LogP contribution < -0.4 is 16.0 Å². The molecule has 0 radical (unpaired) electrons. The van der Waals surface area contributed by atoms with Gasteiger partial charge in [0.1, 0.15) is 11.3 Å². The molecule has 2 rings (SSSR count). The molecule has 0 unspecified atom stereocenters. The fraction of sp³-hybridized carbons (Fsp3) is 0.250. The Balaban J connectivity index is 2.32. The van der Waals surface area contributed by atoms with Crippen molar-refractivity contribution >= 4 is 28.9 Å². The number of nitrogens with zero attached hydrogens (tertiary/aromatic N) is 4. The number of hydrazine groups is 1. The Bertz CT molecular complexity index is 516. The van der Waals surface area contributed by atoms with Crippen LogP contribution in [0, 0.1) is 6.92 Å². The highest BCUT2D eigenvalue weighted by molar-refractivity contribution is 8.01. The third kappa shape index (κ3) is 2.62. The van der Waals surface area contributed by atoms with Gasteiger partial charge in [-0.15, -0.1) is 10.2 Å². The van der Waals surface area contributed by atoms with Gasteiger partial charge in [-0.3, -0.25) is 0 Å². The molecule has 90 valence electrons. The molecule has 0 saturated heterocycles. The molecule has 7 nitrogen and oxygen atoms in total. The molecular weight excluding hydrogens is 260 g/mol. The van der Waals surface area contributed by atoms with Gasteiger partial charge in [0.05, 0.1) is 7.11 Å². The van der Waals surface area contributed by atoms with E-state index in [0.29, 0.717) is 16.6 Å². The van der Waals surface area contributed by atoms with E-state index in [0.717, 1.165) is 9.35 Å². The second-order valence-electron chi connectivity index (χ2n) is 2.89. The summed E-state index contributed by atoms with van der Waals surface area (Å²) in [7, 11) is 1.54. The largest absolute Gasteiger partial charge is 0.490 e. The van der Waals surface area contributed by atoms with Gasteiger partial charge in [0.15, 0.2) is 20.9 Å². The van der Waals surface area contributed by atoms with Crippen LogP contribution in [0.1, 0.15) is 5.01 Å². The highest BCUT2D eigenvalue weighted by Gasteiger charge is 2.14. The summed E-state index contributed by atoms with van der Waals surface area (Å²) in [5.41, 5.74) is 2.46. The highest BCUT2D eigenvalue weighted by Crippen LogP contribution is 2.37. The summed E-state index contributed by atoms with van der Waals surface area (Å²) in [4.78, 5) is 8.09. The molecule has 0 atom stereocenters. The van der Waals surface area contributed by atoms with Crippen molar-refractivity contribution in [3.63, 3.8) is 0 Å². The lowest BCUT2D eigenvalue weighted by molar-refractivity contribution is 0.400. The fourth-order valence-corrected chi connectivity index (χ4v) is 2.92. The van der Waals surface area contributed by atoms with Crippen molar-refractivity contribution in [1.82, 2.24) is 20.2 Å². The molecule has 0 aliphatic heterocycles. The number of rotatable bonds is 4. The van der Waals surface area contributed by atoms with Crippen molar-refractivity contribution in [2.75, 3.05) is 12.5 Å². The first-order valence-corrected chi connectivity index (χ1v) is 6.21. The summed E-state index contributed by atoms with van der Waals surface area (Å²) in [6.07, 6.45) is 1.41.